The van der Waals surface area contributed by atoms with Gasteiger partial charge in [-0.15, -0.1) is 0 Å². The molecule has 3 nitrogen and oxygen atoms in total. The number of ether oxygens (including phenoxy) is 1. The van der Waals surface area contributed by atoms with E-state index in [4.69, 9.17) is 4.74 Å². The third-order valence-corrected chi connectivity index (χ3v) is 3.52. The number of nitrogens with one attached hydrogen (secondary N) is 1. The molecule has 0 radical (unpaired) electrons. The molecule has 0 aromatic carbocycles. The first-order chi connectivity index (χ1) is 7.75. The Kier molecular flexibility index (Phi) is 3.99. The quantitative estimate of drug-likeness (QED) is 0.585. The smallest absolute Gasteiger partial charge is 0.333 e. The van der Waals surface area contributed by atoms with Gasteiger partial charge in [0.05, 0.1) is 0 Å². The first-order valence-electron chi connectivity index (χ1n) is 6.35. The molecule has 0 atom stereocenters. The van der Waals surface area contributed by atoms with Crippen LogP contribution in [0.15, 0.2) is 12.2 Å². The van der Waals surface area contributed by atoms with Gasteiger partial charge in [-0.1, -0.05) is 13.0 Å². The Bertz CT molecular complexity index is 265. The summed E-state index contributed by atoms with van der Waals surface area (Å²) in [6.07, 6.45) is 6.67. The molecule has 1 N–H and O–H groups in total. The van der Waals surface area contributed by atoms with E-state index in [1.54, 1.807) is 0 Å². The molecule has 16 heavy (non-hydrogen) atoms. The molecule has 1 saturated carbocycles. The summed E-state index contributed by atoms with van der Waals surface area (Å²) in [5, 5.41) is 3.19. The molecular weight excluding hydrogens is 202 g/mol. The number of carbonyl (C=O) groups is 1. The predicted molar refractivity (Wildman–Crippen MR) is 63.1 cm³/mol. The summed E-state index contributed by atoms with van der Waals surface area (Å²) in [6.45, 7) is 5.86. The second-order valence-electron chi connectivity index (χ2n) is 5.00. The van der Waals surface area contributed by atoms with Crippen LogP contribution in [0.5, 0.6) is 0 Å². The molecule has 0 bridgehead atoms. The standard InChI is InChI=1S/C13H21NO2/c1-10(7-11-8-14-9-11)13(15)16-12-5-3-2-4-6-12/h11-12,14H,1-9H2. The van der Waals surface area contributed by atoms with Crippen LogP contribution in [0.4, 0.5) is 0 Å². The third kappa shape index (κ3) is 3.08. The van der Waals surface area contributed by atoms with Crippen molar-refractivity contribution in [3.8, 4) is 0 Å². The molecule has 2 aliphatic rings. The van der Waals surface area contributed by atoms with Gasteiger partial charge in [-0.05, 0) is 51.1 Å². The zero-order valence-electron chi connectivity index (χ0n) is 9.84. The molecule has 1 aliphatic carbocycles. The normalized spacial score (nSPS) is 22.5. The van der Waals surface area contributed by atoms with E-state index in [2.05, 4.69) is 11.9 Å². The van der Waals surface area contributed by atoms with E-state index >= 15 is 0 Å². The summed E-state index contributed by atoms with van der Waals surface area (Å²) < 4.78 is 5.46. The van der Waals surface area contributed by atoms with E-state index < -0.39 is 0 Å². The van der Waals surface area contributed by atoms with E-state index in [0.29, 0.717) is 11.5 Å². The number of hydrogen-bond acceptors (Lipinski definition) is 3. The topological polar surface area (TPSA) is 38.3 Å². The SMILES string of the molecule is C=C(CC1CNC1)C(=O)OC1CCCCC1. The van der Waals surface area contributed by atoms with Gasteiger partial charge in [-0.25, -0.2) is 4.79 Å². The maximum Gasteiger partial charge on any atom is 0.333 e. The highest BCUT2D eigenvalue weighted by Crippen LogP contribution is 2.22. The zero-order chi connectivity index (χ0) is 11.4. The van der Waals surface area contributed by atoms with Gasteiger partial charge in [0, 0.05) is 5.57 Å². The Morgan fingerprint density at radius 1 is 1.25 bits per heavy atom. The van der Waals surface area contributed by atoms with Crippen LogP contribution in [-0.4, -0.2) is 25.2 Å². The van der Waals surface area contributed by atoms with Crippen LogP contribution >= 0.6 is 0 Å². The van der Waals surface area contributed by atoms with Gasteiger partial charge in [0.15, 0.2) is 0 Å². The van der Waals surface area contributed by atoms with Crippen molar-refractivity contribution in [3.05, 3.63) is 12.2 Å². The number of esters is 1. The van der Waals surface area contributed by atoms with Crippen molar-refractivity contribution in [3.63, 3.8) is 0 Å². The molecule has 2 fully saturated rings. The van der Waals surface area contributed by atoms with Crippen molar-refractivity contribution in [2.45, 2.75) is 44.6 Å². The lowest BCUT2D eigenvalue weighted by Gasteiger charge is -2.28. The number of rotatable bonds is 4. The van der Waals surface area contributed by atoms with Crippen LogP contribution in [-0.2, 0) is 9.53 Å². The highest BCUT2D eigenvalue weighted by Gasteiger charge is 2.23. The summed E-state index contributed by atoms with van der Waals surface area (Å²) in [6, 6.07) is 0. The fraction of sp³-hybridized carbons (Fsp3) is 0.769. The van der Waals surface area contributed by atoms with Gasteiger partial charge in [0.25, 0.3) is 0 Å². The molecule has 2 rings (SSSR count). The van der Waals surface area contributed by atoms with E-state index in [0.717, 1.165) is 32.4 Å². The molecule has 1 heterocycles. The van der Waals surface area contributed by atoms with Crippen LogP contribution in [0, 0.1) is 5.92 Å². The van der Waals surface area contributed by atoms with Crippen LogP contribution in [0.1, 0.15) is 38.5 Å². The molecule has 1 saturated heterocycles. The highest BCUT2D eigenvalue weighted by molar-refractivity contribution is 5.87. The van der Waals surface area contributed by atoms with E-state index in [1.165, 1.54) is 19.3 Å². The molecule has 0 aromatic rings. The summed E-state index contributed by atoms with van der Waals surface area (Å²) >= 11 is 0. The molecule has 3 heteroatoms. The van der Waals surface area contributed by atoms with Crippen molar-refractivity contribution in [1.29, 1.82) is 0 Å². The van der Waals surface area contributed by atoms with Gasteiger partial charge in [-0.2, -0.15) is 0 Å². The van der Waals surface area contributed by atoms with Crippen molar-refractivity contribution < 1.29 is 9.53 Å². The van der Waals surface area contributed by atoms with Gasteiger partial charge in [0.2, 0.25) is 0 Å². The zero-order valence-corrected chi connectivity index (χ0v) is 9.84. The molecule has 0 unspecified atom stereocenters. The number of carbonyl (C=O) groups excluding carboxylic acids is 1. The average molecular weight is 223 g/mol. The average Bonchev–Trinajstić information content (AvgIpc) is 2.24. The summed E-state index contributed by atoms with van der Waals surface area (Å²) in [4.78, 5) is 11.7. The molecule has 1 aliphatic heterocycles. The first kappa shape index (κ1) is 11.6. The molecule has 90 valence electrons. The summed E-state index contributed by atoms with van der Waals surface area (Å²) in [7, 11) is 0. The Hall–Kier alpha value is -0.830. The molecule has 0 amide bonds. The van der Waals surface area contributed by atoms with Gasteiger partial charge in [0.1, 0.15) is 6.10 Å². The predicted octanol–water partition coefficient (Wildman–Crippen LogP) is 2.03. The van der Waals surface area contributed by atoms with Crippen molar-refractivity contribution >= 4 is 5.97 Å². The van der Waals surface area contributed by atoms with Crippen molar-refractivity contribution in [2.75, 3.05) is 13.1 Å². The molecule has 0 aromatic heterocycles. The van der Waals surface area contributed by atoms with E-state index in [1.807, 2.05) is 0 Å². The van der Waals surface area contributed by atoms with Crippen LogP contribution in [0.3, 0.4) is 0 Å². The van der Waals surface area contributed by atoms with Gasteiger partial charge >= 0.3 is 5.97 Å². The maximum absolute atomic E-state index is 11.7. The molecule has 0 spiro atoms. The lowest BCUT2D eigenvalue weighted by molar-refractivity contribution is -0.146. The summed E-state index contributed by atoms with van der Waals surface area (Å²) in [5.74, 6) is 0.421. The third-order valence-electron chi connectivity index (χ3n) is 3.52. The Balaban J connectivity index is 1.70. The van der Waals surface area contributed by atoms with Crippen LogP contribution < -0.4 is 5.32 Å². The first-order valence-corrected chi connectivity index (χ1v) is 6.35. The van der Waals surface area contributed by atoms with E-state index in [-0.39, 0.29) is 12.1 Å². The van der Waals surface area contributed by atoms with Gasteiger partial charge < -0.3 is 10.1 Å². The number of hydrogen-bond donors (Lipinski definition) is 1. The fourth-order valence-corrected chi connectivity index (χ4v) is 2.34. The minimum atomic E-state index is -0.168. The Morgan fingerprint density at radius 3 is 2.50 bits per heavy atom. The Labute approximate surface area is 97.2 Å². The monoisotopic (exact) mass is 223 g/mol. The second-order valence-corrected chi connectivity index (χ2v) is 5.00. The Morgan fingerprint density at radius 2 is 1.94 bits per heavy atom. The second kappa shape index (κ2) is 5.48. The van der Waals surface area contributed by atoms with Crippen LogP contribution in [0.2, 0.25) is 0 Å². The van der Waals surface area contributed by atoms with Crippen LogP contribution in [0.25, 0.3) is 0 Å². The lowest BCUT2D eigenvalue weighted by Crippen LogP contribution is -2.42. The minimum Gasteiger partial charge on any atom is -0.459 e. The highest BCUT2D eigenvalue weighted by atomic mass is 16.5. The largest absolute Gasteiger partial charge is 0.459 e. The summed E-state index contributed by atoms with van der Waals surface area (Å²) in [5.41, 5.74) is 0.650. The van der Waals surface area contributed by atoms with E-state index in [9.17, 15) is 4.79 Å². The van der Waals surface area contributed by atoms with Gasteiger partial charge in [-0.3, -0.25) is 0 Å². The van der Waals surface area contributed by atoms with Crippen molar-refractivity contribution in [1.82, 2.24) is 5.32 Å². The fourth-order valence-electron chi connectivity index (χ4n) is 2.34. The minimum absolute atomic E-state index is 0.150. The maximum atomic E-state index is 11.7. The lowest BCUT2D eigenvalue weighted by atomic mass is 9.94. The van der Waals surface area contributed by atoms with Crippen molar-refractivity contribution in [2.24, 2.45) is 5.92 Å². The molecular formula is C13H21NO2.